The number of amides is 1. The van der Waals surface area contributed by atoms with E-state index >= 15 is 0 Å². The fourth-order valence-electron chi connectivity index (χ4n) is 3.73. The van der Waals surface area contributed by atoms with Crippen molar-refractivity contribution in [3.8, 4) is 11.8 Å². The Morgan fingerprint density at radius 1 is 1.40 bits per heavy atom. The van der Waals surface area contributed by atoms with Gasteiger partial charge in [0.2, 0.25) is 0 Å². The van der Waals surface area contributed by atoms with Crippen LogP contribution in [0.3, 0.4) is 0 Å². The van der Waals surface area contributed by atoms with Crippen LogP contribution in [0.15, 0.2) is 11.0 Å². The number of nitrogens with one attached hydrogen (secondary N) is 1. The highest BCUT2D eigenvalue weighted by molar-refractivity contribution is 5.72. The summed E-state index contributed by atoms with van der Waals surface area (Å²) in [5, 5.41) is 2.66. The summed E-state index contributed by atoms with van der Waals surface area (Å²) < 4.78 is 17.8. The molecule has 35 heavy (non-hydrogen) atoms. The summed E-state index contributed by atoms with van der Waals surface area (Å²) in [6, 6.07) is 0. The standard InChI is InChI=1S/C25H38N4O6/c1-7-19-17(3)14-20(34-19)29-15-18(21(26)28-23(29)31)11-9-13-33-22(30)16(2)10-8-12-27-24(32)35-25(4,5)6/h15-17,19-20H,7-8,10,12-14H2,1-6H3,(H,27,32)(H2,26,28,31)/t16?,17?,19-,20-/m1/s1. The molecule has 10 nitrogen and oxygen atoms in total. The highest BCUT2D eigenvalue weighted by Gasteiger charge is 2.32. The van der Waals surface area contributed by atoms with Gasteiger partial charge in [0.05, 0.1) is 17.6 Å². The number of nitrogen functional groups attached to an aromatic ring is 1. The van der Waals surface area contributed by atoms with Crippen LogP contribution in [0.2, 0.25) is 0 Å². The molecule has 194 valence electrons. The van der Waals surface area contributed by atoms with E-state index in [9.17, 15) is 14.4 Å². The van der Waals surface area contributed by atoms with Crippen molar-refractivity contribution in [1.29, 1.82) is 0 Å². The van der Waals surface area contributed by atoms with Crippen LogP contribution in [0.1, 0.15) is 79.0 Å². The number of nitrogens with zero attached hydrogens (tertiary/aromatic N) is 2. The average Bonchev–Trinajstić information content (AvgIpc) is 3.14. The number of esters is 1. The van der Waals surface area contributed by atoms with Gasteiger partial charge in [-0.2, -0.15) is 4.98 Å². The van der Waals surface area contributed by atoms with Crippen LogP contribution in [0.4, 0.5) is 10.6 Å². The Balaban J connectivity index is 1.83. The molecule has 2 unspecified atom stereocenters. The summed E-state index contributed by atoms with van der Waals surface area (Å²) in [7, 11) is 0. The Morgan fingerprint density at radius 3 is 2.74 bits per heavy atom. The van der Waals surface area contributed by atoms with E-state index < -0.39 is 23.6 Å². The Morgan fingerprint density at radius 2 is 2.11 bits per heavy atom. The number of ether oxygens (including phenoxy) is 3. The molecule has 3 N–H and O–H groups in total. The van der Waals surface area contributed by atoms with Gasteiger partial charge in [0, 0.05) is 12.7 Å². The number of anilines is 1. The molecule has 0 spiro atoms. The minimum atomic E-state index is -0.554. The zero-order valence-corrected chi connectivity index (χ0v) is 21.6. The van der Waals surface area contributed by atoms with Gasteiger partial charge in [-0.25, -0.2) is 9.59 Å². The van der Waals surface area contributed by atoms with Crippen molar-refractivity contribution in [3.63, 3.8) is 0 Å². The number of carbonyl (C=O) groups excluding carboxylic acids is 2. The van der Waals surface area contributed by atoms with E-state index in [1.54, 1.807) is 33.9 Å². The lowest BCUT2D eigenvalue weighted by Gasteiger charge is -2.19. The summed E-state index contributed by atoms with van der Waals surface area (Å²) in [5.74, 6) is 5.21. The normalized spacial score (nSPS) is 20.5. The smallest absolute Gasteiger partial charge is 0.407 e. The second kappa shape index (κ2) is 12.6. The maximum absolute atomic E-state index is 12.3. The summed E-state index contributed by atoms with van der Waals surface area (Å²) in [4.78, 5) is 40.0. The molecule has 0 bridgehead atoms. The molecular weight excluding hydrogens is 452 g/mol. The van der Waals surface area contributed by atoms with E-state index in [1.165, 1.54) is 4.57 Å². The Hall–Kier alpha value is -3.06. The van der Waals surface area contributed by atoms with Crippen molar-refractivity contribution in [3.05, 3.63) is 22.2 Å². The highest BCUT2D eigenvalue weighted by atomic mass is 16.6. The molecule has 1 aliphatic rings. The number of hydrogen-bond acceptors (Lipinski definition) is 8. The SMILES string of the molecule is CC[C@H]1O[C@@H](n2cc(C#CCOC(=O)C(C)CCCNC(=O)OC(C)(C)C)c(N)nc2=O)CC1C. The fourth-order valence-corrected chi connectivity index (χ4v) is 3.73. The van der Waals surface area contributed by atoms with E-state index in [4.69, 9.17) is 19.9 Å². The van der Waals surface area contributed by atoms with Crippen molar-refractivity contribution in [2.75, 3.05) is 18.9 Å². The lowest BCUT2D eigenvalue weighted by atomic mass is 10.0. The molecule has 1 aromatic heterocycles. The predicted octanol–water partition coefficient (Wildman–Crippen LogP) is 2.99. The topological polar surface area (TPSA) is 135 Å². The summed E-state index contributed by atoms with van der Waals surface area (Å²) in [6.07, 6.45) is 3.48. The van der Waals surface area contributed by atoms with Crippen molar-refractivity contribution in [2.24, 2.45) is 11.8 Å². The molecule has 0 saturated carbocycles. The molecule has 1 amide bonds. The summed E-state index contributed by atoms with van der Waals surface area (Å²) in [6.45, 7) is 11.6. The zero-order valence-electron chi connectivity index (χ0n) is 21.6. The molecule has 2 heterocycles. The first-order chi connectivity index (χ1) is 16.4. The third kappa shape index (κ3) is 8.91. The third-order valence-corrected chi connectivity index (χ3v) is 5.63. The lowest BCUT2D eigenvalue weighted by Crippen LogP contribution is -2.33. The van der Waals surface area contributed by atoms with Gasteiger partial charge in [-0.1, -0.05) is 32.6 Å². The number of hydrogen-bond donors (Lipinski definition) is 2. The van der Waals surface area contributed by atoms with Crippen LogP contribution in [-0.4, -0.2) is 46.5 Å². The molecule has 1 saturated heterocycles. The van der Waals surface area contributed by atoms with E-state index in [1.807, 2.05) is 6.92 Å². The molecule has 2 rings (SSSR count). The van der Waals surface area contributed by atoms with Crippen LogP contribution in [0.25, 0.3) is 0 Å². The first-order valence-electron chi connectivity index (χ1n) is 12.1. The molecule has 1 aliphatic heterocycles. The summed E-state index contributed by atoms with van der Waals surface area (Å²) in [5.41, 5.74) is 5.20. The maximum Gasteiger partial charge on any atom is 0.407 e. The average molecular weight is 491 g/mol. The van der Waals surface area contributed by atoms with Crippen molar-refractivity contribution < 1.29 is 23.8 Å². The van der Waals surface area contributed by atoms with Gasteiger partial charge < -0.3 is 25.3 Å². The third-order valence-electron chi connectivity index (χ3n) is 5.63. The van der Waals surface area contributed by atoms with Gasteiger partial charge in [0.1, 0.15) is 17.6 Å². The lowest BCUT2D eigenvalue weighted by molar-refractivity contribution is -0.146. The van der Waals surface area contributed by atoms with Crippen molar-refractivity contribution >= 4 is 17.9 Å². The second-order valence-corrected chi connectivity index (χ2v) is 9.86. The highest BCUT2D eigenvalue weighted by Crippen LogP contribution is 2.33. The predicted molar refractivity (Wildman–Crippen MR) is 131 cm³/mol. The molecule has 0 radical (unpaired) electrons. The fraction of sp³-hybridized carbons (Fsp3) is 0.680. The van der Waals surface area contributed by atoms with E-state index in [0.29, 0.717) is 37.3 Å². The van der Waals surface area contributed by atoms with Crippen LogP contribution in [0, 0.1) is 23.7 Å². The molecule has 0 aliphatic carbocycles. The molecule has 1 aromatic rings. The van der Waals surface area contributed by atoms with E-state index in [2.05, 4.69) is 29.1 Å². The van der Waals surface area contributed by atoms with Crippen LogP contribution in [-0.2, 0) is 19.0 Å². The minimum Gasteiger partial charge on any atom is -0.452 e. The first kappa shape index (κ1) is 28.2. The Bertz CT molecular complexity index is 1000. The van der Waals surface area contributed by atoms with Gasteiger partial charge in [-0.15, -0.1) is 0 Å². The van der Waals surface area contributed by atoms with E-state index in [0.717, 1.165) is 6.42 Å². The number of carbonyl (C=O) groups is 2. The Labute approximate surface area is 206 Å². The monoisotopic (exact) mass is 490 g/mol. The number of alkyl carbamates (subject to hydrolysis) is 1. The van der Waals surface area contributed by atoms with Crippen LogP contribution < -0.4 is 16.7 Å². The zero-order chi connectivity index (χ0) is 26.2. The molecule has 10 heteroatoms. The molecule has 4 atom stereocenters. The van der Waals surface area contributed by atoms with Gasteiger partial charge >= 0.3 is 17.8 Å². The number of nitrogens with two attached hydrogens (primary N) is 1. The van der Waals surface area contributed by atoms with Crippen molar-refractivity contribution in [2.45, 2.75) is 85.2 Å². The Kier molecular flexibility index (Phi) is 10.1. The molecule has 1 fully saturated rings. The largest absolute Gasteiger partial charge is 0.452 e. The molecular formula is C25H38N4O6. The van der Waals surface area contributed by atoms with E-state index in [-0.39, 0.29) is 30.4 Å². The van der Waals surface area contributed by atoms with Gasteiger partial charge in [0.25, 0.3) is 0 Å². The van der Waals surface area contributed by atoms with Gasteiger partial charge in [-0.05, 0) is 52.4 Å². The quantitative estimate of drug-likeness (QED) is 0.323. The minimum absolute atomic E-state index is 0.0222. The first-order valence-corrected chi connectivity index (χ1v) is 12.1. The number of rotatable bonds is 8. The maximum atomic E-state index is 12.3. The van der Waals surface area contributed by atoms with Crippen LogP contribution >= 0.6 is 0 Å². The van der Waals surface area contributed by atoms with Crippen LogP contribution in [0.5, 0.6) is 0 Å². The summed E-state index contributed by atoms with van der Waals surface area (Å²) >= 11 is 0. The molecule has 0 aromatic carbocycles. The second-order valence-electron chi connectivity index (χ2n) is 9.86. The van der Waals surface area contributed by atoms with Crippen molar-refractivity contribution in [1.82, 2.24) is 14.9 Å². The number of aromatic nitrogens is 2. The van der Waals surface area contributed by atoms with Gasteiger partial charge in [-0.3, -0.25) is 9.36 Å². The van der Waals surface area contributed by atoms with Gasteiger partial charge in [0.15, 0.2) is 6.61 Å².